The number of pyridine rings is 2. The van der Waals surface area contributed by atoms with E-state index in [2.05, 4.69) is 55.8 Å². The lowest BCUT2D eigenvalue weighted by Gasteiger charge is -2.42. The van der Waals surface area contributed by atoms with E-state index >= 15 is 0 Å². The Morgan fingerprint density at radius 1 is 0.886 bits per heavy atom. The van der Waals surface area contributed by atoms with E-state index in [9.17, 15) is 8.78 Å². The van der Waals surface area contributed by atoms with Crippen molar-refractivity contribution in [1.29, 1.82) is 0 Å². The molecule has 1 aliphatic heterocycles. The summed E-state index contributed by atoms with van der Waals surface area (Å²) in [5, 5.41) is 3.69. The monoisotopic (exact) mass is 475 g/mol. The second-order valence-electron chi connectivity index (χ2n) is 9.59. The summed E-state index contributed by atoms with van der Waals surface area (Å²) in [6, 6.07) is 10.2. The van der Waals surface area contributed by atoms with Gasteiger partial charge in [-0.3, -0.25) is 9.88 Å². The number of aromatic nitrogens is 4. The van der Waals surface area contributed by atoms with E-state index in [1.807, 2.05) is 12.1 Å². The van der Waals surface area contributed by atoms with Crippen LogP contribution in [0.25, 0.3) is 22.2 Å². The molecule has 1 N–H and O–H groups in total. The number of halogens is 2. The van der Waals surface area contributed by atoms with E-state index in [-0.39, 0.29) is 22.7 Å². The molecule has 0 unspecified atom stereocenters. The summed E-state index contributed by atoms with van der Waals surface area (Å²) in [6.07, 6.45) is 4.41. The summed E-state index contributed by atoms with van der Waals surface area (Å²) >= 11 is 0. The third kappa shape index (κ3) is 4.90. The van der Waals surface area contributed by atoms with Gasteiger partial charge in [0.15, 0.2) is 5.82 Å². The van der Waals surface area contributed by atoms with Crippen molar-refractivity contribution in [2.45, 2.75) is 26.3 Å². The van der Waals surface area contributed by atoms with Gasteiger partial charge in [-0.05, 0) is 45.0 Å². The Hall–Kier alpha value is -3.72. The highest BCUT2D eigenvalue weighted by Crippen LogP contribution is 2.29. The molecular weight excluding hydrogens is 448 g/mol. The summed E-state index contributed by atoms with van der Waals surface area (Å²) < 4.78 is 29.3. The minimum Gasteiger partial charge on any atom is -0.368 e. The first-order chi connectivity index (χ1) is 16.8. The standard InChI is InChI=1S/C26H27F2N7/c1-26(2,3)35-11-9-34(10-12-35)18-6-7-23(30-15-18)32-25-31-16-21(28)24(33-25)19-13-17-5-4-8-29-22(17)14-20(19)27/h4-8,13-16H,9-12H2,1-3H3,(H,30,31,32,33). The highest BCUT2D eigenvalue weighted by Gasteiger charge is 2.26. The van der Waals surface area contributed by atoms with Crippen LogP contribution in [0, 0.1) is 11.6 Å². The predicted molar refractivity (Wildman–Crippen MR) is 134 cm³/mol. The van der Waals surface area contributed by atoms with Gasteiger partial charge in [-0.1, -0.05) is 6.07 Å². The van der Waals surface area contributed by atoms with Crippen molar-refractivity contribution in [2.24, 2.45) is 0 Å². The Morgan fingerprint density at radius 2 is 1.69 bits per heavy atom. The van der Waals surface area contributed by atoms with Crippen LogP contribution in [0.1, 0.15) is 20.8 Å². The number of nitrogens with zero attached hydrogens (tertiary/aromatic N) is 6. The molecule has 9 heteroatoms. The molecule has 0 radical (unpaired) electrons. The Bertz CT molecular complexity index is 1340. The fraction of sp³-hybridized carbons (Fsp3) is 0.308. The number of piperazine rings is 1. The summed E-state index contributed by atoms with van der Waals surface area (Å²) in [5.74, 6) is -0.668. The van der Waals surface area contributed by atoms with Crippen LogP contribution in [0.15, 0.2) is 55.0 Å². The lowest BCUT2D eigenvalue weighted by molar-refractivity contribution is 0.128. The molecule has 180 valence electrons. The molecule has 4 heterocycles. The van der Waals surface area contributed by atoms with Crippen molar-refractivity contribution < 1.29 is 8.78 Å². The smallest absolute Gasteiger partial charge is 0.229 e. The first-order valence-corrected chi connectivity index (χ1v) is 11.6. The van der Waals surface area contributed by atoms with Crippen LogP contribution in [-0.2, 0) is 0 Å². The number of rotatable bonds is 4. The summed E-state index contributed by atoms with van der Waals surface area (Å²) in [7, 11) is 0. The number of nitrogens with one attached hydrogen (secondary N) is 1. The number of hydrogen-bond donors (Lipinski definition) is 1. The first-order valence-electron chi connectivity index (χ1n) is 11.6. The third-order valence-corrected chi connectivity index (χ3v) is 6.27. The molecule has 1 fully saturated rings. The lowest BCUT2D eigenvalue weighted by Crippen LogP contribution is -2.53. The van der Waals surface area contributed by atoms with Gasteiger partial charge in [0.05, 0.1) is 23.6 Å². The van der Waals surface area contributed by atoms with E-state index < -0.39 is 11.6 Å². The quantitative estimate of drug-likeness (QED) is 0.444. The highest BCUT2D eigenvalue weighted by atomic mass is 19.1. The van der Waals surface area contributed by atoms with Crippen molar-refractivity contribution in [1.82, 2.24) is 24.8 Å². The van der Waals surface area contributed by atoms with Crippen molar-refractivity contribution >= 4 is 28.4 Å². The average Bonchev–Trinajstić information content (AvgIpc) is 2.85. The van der Waals surface area contributed by atoms with Crippen LogP contribution in [0.5, 0.6) is 0 Å². The van der Waals surface area contributed by atoms with Crippen LogP contribution >= 0.6 is 0 Å². The first kappa shape index (κ1) is 23.0. The highest BCUT2D eigenvalue weighted by molar-refractivity contribution is 5.84. The van der Waals surface area contributed by atoms with Gasteiger partial charge >= 0.3 is 0 Å². The fourth-order valence-corrected chi connectivity index (χ4v) is 4.29. The molecule has 0 saturated carbocycles. The van der Waals surface area contributed by atoms with E-state index in [0.717, 1.165) is 38.1 Å². The molecule has 1 aromatic carbocycles. The fourth-order valence-electron chi connectivity index (χ4n) is 4.29. The van der Waals surface area contributed by atoms with E-state index in [1.165, 1.54) is 6.07 Å². The van der Waals surface area contributed by atoms with Crippen LogP contribution in [0.4, 0.5) is 26.2 Å². The maximum atomic E-state index is 14.7. The number of fused-ring (bicyclic) bond motifs is 1. The largest absolute Gasteiger partial charge is 0.368 e. The van der Waals surface area contributed by atoms with Gasteiger partial charge in [0.25, 0.3) is 0 Å². The molecule has 1 aliphatic rings. The van der Waals surface area contributed by atoms with Gasteiger partial charge in [-0.2, -0.15) is 0 Å². The molecule has 0 bridgehead atoms. The SMILES string of the molecule is CC(C)(C)N1CCN(c2ccc(Nc3ncc(F)c(-c4cc5cccnc5cc4F)n3)nc2)CC1. The van der Waals surface area contributed by atoms with Crippen molar-refractivity contribution in [3.05, 3.63) is 66.6 Å². The molecule has 0 spiro atoms. The molecule has 35 heavy (non-hydrogen) atoms. The Labute approximate surface area is 202 Å². The summed E-state index contributed by atoms with van der Waals surface area (Å²) in [6.45, 7) is 10.6. The topological polar surface area (TPSA) is 70.1 Å². The number of benzene rings is 1. The molecule has 0 aliphatic carbocycles. The van der Waals surface area contributed by atoms with Crippen LogP contribution in [0.2, 0.25) is 0 Å². The molecule has 0 atom stereocenters. The van der Waals surface area contributed by atoms with Gasteiger partial charge in [0.1, 0.15) is 17.3 Å². The van der Waals surface area contributed by atoms with E-state index in [1.54, 1.807) is 30.6 Å². The molecular formula is C26H27F2N7. The molecule has 1 saturated heterocycles. The van der Waals surface area contributed by atoms with Gasteiger partial charge in [-0.15, -0.1) is 0 Å². The van der Waals surface area contributed by atoms with Crippen molar-refractivity contribution in [3.8, 4) is 11.3 Å². The Morgan fingerprint density at radius 3 is 2.40 bits per heavy atom. The van der Waals surface area contributed by atoms with Gasteiger partial charge < -0.3 is 10.2 Å². The van der Waals surface area contributed by atoms with Crippen molar-refractivity contribution in [2.75, 3.05) is 36.4 Å². The number of anilines is 3. The second-order valence-corrected chi connectivity index (χ2v) is 9.59. The Balaban J connectivity index is 1.33. The molecule has 0 amide bonds. The van der Waals surface area contributed by atoms with Crippen LogP contribution in [-0.4, -0.2) is 56.6 Å². The normalized spacial score (nSPS) is 14.9. The molecule has 5 rings (SSSR count). The predicted octanol–water partition coefficient (Wildman–Crippen LogP) is 5.03. The minimum atomic E-state index is -0.713. The van der Waals surface area contributed by atoms with Gasteiger partial charge in [-0.25, -0.2) is 23.7 Å². The zero-order chi connectivity index (χ0) is 24.6. The van der Waals surface area contributed by atoms with Gasteiger partial charge in [0.2, 0.25) is 5.95 Å². The summed E-state index contributed by atoms with van der Waals surface area (Å²) in [4.78, 5) is 21.6. The summed E-state index contributed by atoms with van der Waals surface area (Å²) in [5.41, 5.74) is 1.62. The lowest BCUT2D eigenvalue weighted by atomic mass is 10.0. The van der Waals surface area contributed by atoms with E-state index in [4.69, 9.17) is 0 Å². The van der Waals surface area contributed by atoms with Crippen molar-refractivity contribution in [3.63, 3.8) is 0 Å². The second kappa shape index (κ2) is 9.14. The van der Waals surface area contributed by atoms with Crippen LogP contribution < -0.4 is 10.2 Å². The Kier molecular flexibility index (Phi) is 6.02. The molecule has 7 nitrogen and oxygen atoms in total. The molecule has 3 aromatic heterocycles. The third-order valence-electron chi connectivity index (χ3n) is 6.27. The number of hydrogen-bond acceptors (Lipinski definition) is 7. The minimum absolute atomic E-state index is 0.0474. The zero-order valence-corrected chi connectivity index (χ0v) is 20.0. The van der Waals surface area contributed by atoms with Gasteiger partial charge in [0, 0.05) is 54.9 Å². The maximum Gasteiger partial charge on any atom is 0.229 e. The average molecular weight is 476 g/mol. The zero-order valence-electron chi connectivity index (χ0n) is 20.0. The molecule has 4 aromatic rings. The van der Waals surface area contributed by atoms with E-state index in [0.29, 0.717) is 16.7 Å². The maximum absolute atomic E-state index is 14.7. The van der Waals surface area contributed by atoms with Crippen LogP contribution in [0.3, 0.4) is 0 Å².